The van der Waals surface area contributed by atoms with Crippen LogP contribution in [0.5, 0.6) is 0 Å². The van der Waals surface area contributed by atoms with E-state index in [4.69, 9.17) is 4.74 Å². The van der Waals surface area contributed by atoms with Gasteiger partial charge in [0.25, 0.3) is 0 Å². The van der Waals surface area contributed by atoms with Crippen LogP contribution in [0.15, 0.2) is 29.3 Å². The van der Waals surface area contributed by atoms with Crippen molar-refractivity contribution in [3.05, 3.63) is 41.2 Å². The van der Waals surface area contributed by atoms with Crippen LogP contribution in [0.1, 0.15) is 44.6 Å². The summed E-state index contributed by atoms with van der Waals surface area (Å²) in [5.74, 6) is 1.88. The monoisotopic (exact) mass is 430 g/mol. The standard InChI is InChI=1S/C22H34N6OS/c1-6-19-25-21(30-26-19)28-12-10-27(11-13-28)20(23-5)24-15-17-8-7-9-18(14-17)16-29-22(2,3)4/h7-9,14H,6,10-13,15-16H2,1-5H3,(H,23,24). The minimum atomic E-state index is -0.134. The Balaban J connectivity index is 1.50. The normalized spacial score (nSPS) is 15.6. The van der Waals surface area contributed by atoms with Gasteiger partial charge in [-0.15, -0.1) is 0 Å². The van der Waals surface area contributed by atoms with Crippen LogP contribution in [0.3, 0.4) is 0 Å². The summed E-state index contributed by atoms with van der Waals surface area (Å²) in [6.45, 7) is 13.4. The second kappa shape index (κ2) is 10.2. The van der Waals surface area contributed by atoms with E-state index in [1.807, 2.05) is 7.05 Å². The molecule has 1 aromatic carbocycles. The highest BCUT2D eigenvalue weighted by atomic mass is 32.1. The van der Waals surface area contributed by atoms with Crippen LogP contribution in [0.25, 0.3) is 0 Å². The molecular formula is C22H34N6OS. The molecule has 1 aliphatic rings. The van der Waals surface area contributed by atoms with E-state index in [1.54, 1.807) is 0 Å². The minimum Gasteiger partial charge on any atom is -0.371 e. The lowest BCUT2D eigenvalue weighted by molar-refractivity contribution is -0.0149. The molecule has 0 aliphatic carbocycles. The van der Waals surface area contributed by atoms with Gasteiger partial charge in [0.1, 0.15) is 5.82 Å². The minimum absolute atomic E-state index is 0.134. The molecule has 2 heterocycles. The van der Waals surface area contributed by atoms with Gasteiger partial charge in [0, 0.05) is 57.7 Å². The van der Waals surface area contributed by atoms with Gasteiger partial charge in [-0.3, -0.25) is 4.99 Å². The number of guanidine groups is 1. The number of piperazine rings is 1. The molecule has 164 valence electrons. The molecule has 1 fully saturated rings. The molecule has 3 rings (SSSR count). The van der Waals surface area contributed by atoms with E-state index in [0.717, 1.165) is 56.1 Å². The Morgan fingerprint density at radius 2 is 1.93 bits per heavy atom. The summed E-state index contributed by atoms with van der Waals surface area (Å²) in [6, 6.07) is 8.54. The Morgan fingerprint density at radius 1 is 1.20 bits per heavy atom. The molecule has 0 bridgehead atoms. The van der Waals surface area contributed by atoms with Crippen molar-refractivity contribution in [1.29, 1.82) is 0 Å². The van der Waals surface area contributed by atoms with E-state index in [9.17, 15) is 0 Å². The van der Waals surface area contributed by atoms with Crippen LogP contribution in [0.4, 0.5) is 5.13 Å². The maximum Gasteiger partial charge on any atom is 0.205 e. The number of aryl methyl sites for hydroxylation is 1. The molecule has 0 amide bonds. The summed E-state index contributed by atoms with van der Waals surface area (Å²) in [4.78, 5) is 13.7. The number of aliphatic imine (C=N–C) groups is 1. The van der Waals surface area contributed by atoms with Crippen LogP contribution in [-0.4, -0.2) is 59.0 Å². The van der Waals surface area contributed by atoms with Gasteiger partial charge in [-0.1, -0.05) is 31.2 Å². The van der Waals surface area contributed by atoms with E-state index in [-0.39, 0.29) is 5.60 Å². The fraction of sp³-hybridized carbons (Fsp3) is 0.591. The van der Waals surface area contributed by atoms with Gasteiger partial charge < -0.3 is 19.9 Å². The van der Waals surface area contributed by atoms with Gasteiger partial charge in [0.15, 0.2) is 5.96 Å². The summed E-state index contributed by atoms with van der Waals surface area (Å²) in [5.41, 5.74) is 2.28. The zero-order valence-electron chi connectivity index (χ0n) is 18.8. The van der Waals surface area contributed by atoms with Crippen molar-refractivity contribution in [1.82, 2.24) is 19.6 Å². The molecule has 0 atom stereocenters. The van der Waals surface area contributed by atoms with Crippen molar-refractivity contribution in [2.24, 2.45) is 4.99 Å². The predicted octanol–water partition coefficient (Wildman–Crippen LogP) is 3.31. The first-order valence-corrected chi connectivity index (χ1v) is 11.4. The number of rotatable bonds is 6. The van der Waals surface area contributed by atoms with Gasteiger partial charge in [0.05, 0.1) is 12.2 Å². The van der Waals surface area contributed by atoms with Crippen molar-refractivity contribution >= 4 is 22.6 Å². The predicted molar refractivity (Wildman–Crippen MR) is 124 cm³/mol. The largest absolute Gasteiger partial charge is 0.371 e. The van der Waals surface area contributed by atoms with Crippen molar-refractivity contribution in [3.63, 3.8) is 0 Å². The Morgan fingerprint density at radius 3 is 2.57 bits per heavy atom. The van der Waals surface area contributed by atoms with Crippen LogP contribution >= 0.6 is 11.5 Å². The summed E-state index contributed by atoms with van der Waals surface area (Å²) in [5, 5.41) is 4.55. The lowest BCUT2D eigenvalue weighted by Gasteiger charge is -2.36. The van der Waals surface area contributed by atoms with Gasteiger partial charge in [-0.2, -0.15) is 4.37 Å². The highest BCUT2D eigenvalue weighted by molar-refractivity contribution is 7.09. The Hall–Kier alpha value is -2.19. The maximum absolute atomic E-state index is 5.90. The molecule has 0 spiro atoms. The van der Waals surface area contributed by atoms with E-state index >= 15 is 0 Å². The van der Waals surface area contributed by atoms with Crippen molar-refractivity contribution in [2.45, 2.75) is 52.9 Å². The molecular weight excluding hydrogens is 396 g/mol. The summed E-state index contributed by atoms with van der Waals surface area (Å²) >= 11 is 1.50. The zero-order valence-corrected chi connectivity index (χ0v) is 19.6. The highest BCUT2D eigenvalue weighted by Crippen LogP contribution is 2.19. The number of nitrogens with one attached hydrogen (secondary N) is 1. The van der Waals surface area contributed by atoms with Gasteiger partial charge in [0.2, 0.25) is 5.13 Å². The third kappa shape index (κ3) is 6.40. The molecule has 1 N–H and O–H groups in total. The lowest BCUT2D eigenvalue weighted by atomic mass is 10.1. The third-order valence-electron chi connectivity index (χ3n) is 4.95. The first-order valence-electron chi connectivity index (χ1n) is 10.6. The van der Waals surface area contributed by atoms with Gasteiger partial charge in [-0.25, -0.2) is 4.98 Å². The maximum atomic E-state index is 5.90. The molecule has 0 unspecified atom stereocenters. The molecule has 1 saturated heterocycles. The number of ether oxygens (including phenoxy) is 1. The van der Waals surface area contributed by atoms with E-state index in [0.29, 0.717) is 6.61 Å². The second-order valence-corrected chi connectivity index (χ2v) is 9.17. The molecule has 1 aromatic heterocycles. The molecule has 0 saturated carbocycles. The van der Waals surface area contributed by atoms with Crippen molar-refractivity contribution in [2.75, 3.05) is 38.1 Å². The SMILES string of the molecule is CCc1nsc(N2CCN(C(=NC)NCc3cccc(COC(C)(C)C)c3)CC2)n1. The van der Waals surface area contributed by atoms with Crippen LogP contribution in [0.2, 0.25) is 0 Å². The summed E-state index contributed by atoms with van der Waals surface area (Å²) in [6.07, 6.45) is 0.885. The number of benzene rings is 1. The Labute approximate surface area is 184 Å². The van der Waals surface area contributed by atoms with Crippen LogP contribution in [-0.2, 0) is 24.3 Å². The van der Waals surface area contributed by atoms with E-state index < -0.39 is 0 Å². The van der Waals surface area contributed by atoms with Gasteiger partial charge in [-0.05, 0) is 31.9 Å². The average Bonchev–Trinajstić information content (AvgIpc) is 3.22. The van der Waals surface area contributed by atoms with Crippen LogP contribution in [0, 0.1) is 0 Å². The first-order chi connectivity index (χ1) is 14.4. The molecule has 7 nitrogen and oxygen atoms in total. The molecule has 8 heteroatoms. The number of hydrogen-bond acceptors (Lipinski definition) is 6. The Kier molecular flexibility index (Phi) is 7.66. The van der Waals surface area contributed by atoms with Gasteiger partial charge >= 0.3 is 0 Å². The highest BCUT2D eigenvalue weighted by Gasteiger charge is 2.22. The molecule has 0 radical (unpaired) electrons. The number of nitrogens with zero attached hydrogens (tertiary/aromatic N) is 5. The summed E-state index contributed by atoms with van der Waals surface area (Å²) < 4.78 is 10.3. The van der Waals surface area contributed by atoms with E-state index in [1.165, 1.54) is 22.7 Å². The average molecular weight is 431 g/mol. The Bertz CT molecular complexity index is 836. The second-order valence-electron chi connectivity index (χ2n) is 8.44. The quantitative estimate of drug-likeness (QED) is 0.560. The lowest BCUT2D eigenvalue weighted by Crippen LogP contribution is -2.52. The smallest absolute Gasteiger partial charge is 0.205 e. The number of aromatic nitrogens is 2. The third-order valence-corrected chi connectivity index (χ3v) is 5.76. The fourth-order valence-electron chi connectivity index (χ4n) is 3.27. The fourth-order valence-corrected chi connectivity index (χ4v) is 4.07. The topological polar surface area (TPSA) is 65.9 Å². The number of hydrogen-bond donors (Lipinski definition) is 1. The molecule has 1 aliphatic heterocycles. The number of anilines is 1. The van der Waals surface area contributed by atoms with Crippen molar-refractivity contribution in [3.8, 4) is 0 Å². The zero-order chi connectivity index (χ0) is 21.6. The van der Waals surface area contributed by atoms with E-state index in [2.05, 4.69) is 81.4 Å². The first kappa shape index (κ1) is 22.5. The van der Waals surface area contributed by atoms with Crippen molar-refractivity contribution < 1.29 is 4.74 Å². The summed E-state index contributed by atoms with van der Waals surface area (Å²) in [7, 11) is 1.85. The van der Waals surface area contributed by atoms with Crippen LogP contribution < -0.4 is 10.2 Å². The molecule has 2 aromatic rings. The molecule has 30 heavy (non-hydrogen) atoms.